The van der Waals surface area contributed by atoms with Crippen molar-refractivity contribution in [3.63, 3.8) is 0 Å². The van der Waals surface area contributed by atoms with E-state index in [4.69, 9.17) is 5.73 Å². The first kappa shape index (κ1) is 15.4. The minimum Gasteiger partial charge on any atom is -0.338 e. The summed E-state index contributed by atoms with van der Waals surface area (Å²) in [7, 11) is 0. The molecule has 114 valence electrons. The van der Waals surface area contributed by atoms with Crippen LogP contribution in [-0.2, 0) is 4.79 Å². The van der Waals surface area contributed by atoms with Crippen LogP contribution >= 0.6 is 11.3 Å². The molecular formula is C12H16N4O4S. The quantitative estimate of drug-likeness (QED) is 0.637. The highest BCUT2D eigenvalue weighted by Crippen LogP contribution is 2.25. The van der Waals surface area contributed by atoms with Crippen LogP contribution in [0.25, 0.3) is 0 Å². The third-order valence-corrected chi connectivity index (χ3v) is 4.28. The minimum absolute atomic E-state index is 0.0517. The molecule has 1 fully saturated rings. The number of nitrogens with zero attached hydrogens (tertiary/aromatic N) is 3. The zero-order valence-corrected chi connectivity index (χ0v) is 12.3. The molecule has 1 aliphatic heterocycles. The van der Waals surface area contributed by atoms with Crippen LogP contribution in [0, 0.1) is 10.1 Å². The van der Waals surface area contributed by atoms with Gasteiger partial charge in [-0.15, -0.1) is 0 Å². The Hall–Kier alpha value is -2.00. The number of hydrogen-bond acceptors (Lipinski definition) is 6. The lowest BCUT2D eigenvalue weighted by atomic mass is 10.2. The number of piperazine rings is 1. The smallest absolute Gasteiger partial charge is 0.324 e. The van der Waals surface area contributed by atoms with Gasteiger partial charge >= 0.3 is 5.00 Å². The summed E-state index contributed by atoms with van der Waals surface area (Å²) in [4.78, 5) is 37.7. The lowest BCUT2D eigenvalue weighted by Crippen LogP contribution is -2.53. The maximum atomic E-state index is 12.2. The van der Waals surface area contributed by atoms with E-state index in [0.29, 0.717) is 31.1 Å². The predicted molar refractivity (Wildman–Crippen MR) is 77.1 cm³/mol. The summed E-state index contributed by atoms with van der Waals surface area (Å²) in [6, 6.07) is 2.24. The van der Waals surface area contributed by atoms with Gasteiger partial charge in [0.15, 0.2) is 0 Å². The molecular weight excluding hydrogens is 296 g/mol. The van der Waals surface area contributed by atoms with Gasteiger partial charge < -0.3 is 15.5 Å². The molecule has 0 aliphatic carbocycles. The highest BCUT2D eigenvalue weighted by Gasteiger charge is 2.27. The number of rotatable bonds is 3. The van der Waals surface area contributed by atoms with E-state index in [1.54, 1.807) is 16.7 Å². The molecule has 9 heteroatoms. The zero-order valence-electron chi connectivity index (χ0n) is 11.5. The number of hydrogen-bond donors (Lipinski definition) is 1. The predicted octanol–water partition coefficient (Wildman–Crippen LogP) is 0.288. The Labute approximate surface area is 125 Å². The van der Waals surface area contributed by atoms with Crippen LogP contribution in [0.3, 0.4) is 0 Å². The summed E-state index contributed by atoms with van der Waals surface area (Å²) in [5.41, 5.74) is 5.55. The Bertz CT molecular complexity index is 563. The van der Waals surface area contributed by atoms with E-state index < -0.39 is 11.0 Å². The van der Waals surface area contributed by atoms with Gasteiger partial charge in [-0.25, -0.2) is 0 Å². The van der Waals surface area contributed by atoms with Crippen LogP contribution in [0.15, 0.2) is 12.1 Å². The molecule has 1 aliphatic rings. The molecule has 0 spiro atoms. The highest BCUT2D eigenvalue weighted by atomic mass is 32.1. The number of carbonyl (C=O) groups is 2. The van der Waals surface area contributed by atoms with Crippen molar-refractivity contribution < 1.29 is 14.5 Å². The van der Waals surface area contributed by atoms with E-state index in [0.717, 1.165) is 11.3 Å². The van der Waals surface area contributed by atoms with Gasteiger partial charge in [0.1, 0.15) is 0 Å². The van der Waals surface area contributed by atoms with Crippen molar-refractivity contribution in [2.45, 2.75) is 13.0 Å². The molecule has 0 aromatic carbocycles. The van der Waals surface area contributed by atoms with Crippen molar-refractivity contribution in [1.29, 1.82) is 0 Å². The van der Waals surface area contributed by atoms with Gasteiger partial charge in [0.25, 0.3) is 5.91 Å². The van der Waals surface area contributed by atoms with Gasteiger partial charge in [-0.3, -0.25) is 19.7 Å². The number of amides is 2. The number of thiophene rings is 1. The van der Waals surface area contributed by atoms with Crippen molar-refractivity contribution in [3.8, 4) is 0 Å². The Kier molecular flexibility index (Phi) is 4.53. The maximum Gasteiger partial charge on any atom is 0.324 e. The number of nitrogens with two attached hydrogens (primary N) is 1. The summed E-state index contributed by atoms with van der Waals surface area (Å²) in [6.45, 7) is 3.30. The molecule has 2 amide bonds. The largest absolute Gasteiger partial charge is 0.338 e. The molecule has 0 saturated carbocycles. The van der Waals surface area contributed by atoms with Crippen LogP contribution in [0.5, 0.6) is 0 Å². The Morgan fingerprint density at radius 2 is 1.86 bits per heavy atom. The van der Waals surface area contributed by atoms with Gasteiger partial charge in [0, 0.05) is 32.2 Å². The van der Waals surface area contributed by atoms with Crippen LogP contribution in [0.2, 0.25) is 0 Å². The summed E-state index contributed by atoms with van der Waals surface area (Å²) >= 11 is 0.864. The van der Waals surface area contributed by atoms with Gasteiger partial charge in [0.05, 0.1) is 15.8 Å². The van der Waals surface area contributed by atoms with E-state index in [2.05, 4.69) is 0 Å². The zero-order chi connectivity index (χ0) is 15.6. The third-order valence-electron chi connectivity index (χ3n) is 3.25. The van der Waals surface area contributed by atoms with Crippen LogP contribution < -0.4 is 5.73 Å². The third kappa shape index (κ3) is 3.37. The van der Waals surface area contributed by atoms with Gasteiger partial charge in [-0.1, -0.05) is 11.3 Å². The van der Waals surface area contributed by atoms with Gasteiger partial charge in [-0.05, 0) is 13.0 Å². The Morgan fingerprint density at radius 3 is 2.33 bits per heavy atom. The van der Waals surface area contributed by atoms with E-state index in [1.165, 1.54) is 12.1 Å². The summed E-state index contributed by atoms with van der Waals surface area (Å²) in [5, 5.41) is 10.6. The molecule has 8 nitrogen and oxygen atoms in total. The molecule has 21 heavy (non-hydrogen) atoms. The van der Waals surface area contributed by atoms with Crippen LogP contribution in [0.1, 0.15) is 16.6 Å². The fraction of sp³-hybridized carbons (Fsp3) is 0.500. The average Bonchev–Trinajstić information content (AvgIpc) is 2.96. The fourth-order valence-corrected chi connectivity index (χ4v) is 2.90. The van der Waals surface area contributed by atoms with Gasteiger partial charge in [0.2, 0.25) is 5.91 Å². The summed E-state index contributed by atoms with van der Waals surface area (Å²) < 4.78 is 0. The SMILES string of the molecule is C[C@@H](N)C(=O)N1CCN(C(=O)c2ccc([N+](=O)[O-])s2)CC1. The second-order valence-corrected chi connectivity index (χ2v) is 5.86. The molecule has 1 atom stereocenters. The first-order chi connectivity index (χ1) is 9.90. The standard InChI is InChI=1S/C12H16N4O4S/c1-8(13)11(17)14-4-6-15(7-5-14)12(18)9-2-3-10(21-9)16(19)20/h2-3,8H,4-7,13H2,1H3/t8-/m1/s1. The van der Waals surface area contributed by atoms with Crippen molar-refractivity contribution >= 4 is 28.2 Å². The molecule has 0 radical (unpaired) electrons. The molecule has 2 rings (SSSR count). The van der Waals surface area contributed by atoms with E-state index in [9.17, 15) is 19.7 Å². The van der Waals surface area contributed by atoms with E-state index in [1.807, 2.05) is 0 Å². The van der Waals surface area contributed by atoms with Gasteiger partial charge in [-0.2, -0.15) is 0 Å². The molecule has 0 bridgehead atoms. The Balaban J connectivity index is 1.96. The Morgan fingerprint density at radius 1 is 1.29 bits per heavy atom. The maximum absolute atomic E-state index is 12.2. The highest BCUT2D eigenvalue weighted by molar-refractivity contribution is 7.17. The number of carbonyl (C=O) groups excluding carboxylic acids is 2. The first-order valence-corrected chi connectivity index (χ1v) is 7.29. The molecule has 0 unspecified atom stereocenters. The normalized spacial score (nSPS) is 16.7. The van der Waals surface area contributed by atoms with E-state index >= 15 is 0 Å². The van der Waals surface area contributed by atoms with Crippen molar-refractivity contribution in [3.05, 3.63) is 27.1 Å². The number of nitro groups is 1. The van der Waals surface area contributed by atoms with Crippen molar-refractivity contribution in [1.82, 2.24) is 9.80 Å². The fourth-order valence-electron chi connectivity index (χ4n) is 2.11. The van der Waals surface area contributed by atoms with Crippen LogP contribution in [0.4, 0.5) is 5.00 Å². The second-order valence-electron chi connectivity index (χ2n) is 4.80. The lowest BCUT2D eigenvalue weighted by molar-refractivity contribution is -0.380. The monoisotopic (exact) mass is 312 g/mol. The lowest BCUT2D eigenvalue weighted by Gasteiger charge is -2.35. The molecule has 1 saturated heterocycles. The molecule has 1 aromatic rings. The molecule has 2 heterocycles. The molecule has 1 aromatic heterocycles. The topological polar surface area (TPSA) is 110 Å². The van der Waals surface area contributed by atoms with Crippen molar-refractivity contribution in [2.75, 3.05) is 26.2 Å². The minimum atomic E-state index is -0.549. The summed E-state index contributed by atoms with van der Waals surface area (Å²) in [6.07, 6.45) is 0. The first-order valence-electron chi connectivity index (χ1n) is 6.48. The molecule has 2 N–H and O–H groups in total. The average molecular weight is 312 g/mol. The van der Waals surface area contributed by atoms with Crippen molar-refractivity contribution in [2.24, 2.45) is 5.73 Å². The summed E-state index contributed by atoms with van der Waals surface area (Å²) in [5.74, 6) is -0.366. The second kappa shape index (κ2) is 6.19. The van der Waals surface area contributed by atoms with E-state index in [-0.39, 0.29) is 16.8 Å². The van der Waals surface area contributed by atoms with Crippen LogP contribution in [-0.4, -0.2) is 58.8 Å².